The topological polar surface area (TPSA) is 35.2 Å². The van der Waals surface area contributed by atoms with Gasteiger partial charge in [0.1, 0.15) is 5.75 Å². The molecule has 0 spiro atoms. The Morgan fingerprint density at radius 3 is 2.50 bits per heavy atom. The molecule has 0 unspecified atom stereocenters. The SMILES string of the molecule is Cc1cc(OC2CCC(C)(C)CC2)ccc1CN. The molecule has 1 saturated carbocycles. The molecule has 0 amide bonds. The van der Waals surface area contributed by atoms with E-state index in [1.165, 1.54) is 36.8 Å². The van der Waals surface area contributed by atoms with Crippen molar-refractivity contribution in [3.05, 3.63) is 29.3 Å². The minimum Gasteiger partial charge on any atom is -0.490 e. The second-order valence-electron chi connectivity index (χ2n) is 6.27. The van der Waals surface area contributed by atoms with Crippen molar-refractivity contribution in [1.82, 2.24) is 0 Å². The van der Waals surface area contributed by atoms with Gasteiger partial charge in [-0.25, -0.2) is 0 Å². The monoisotopic (exact) mass is 247 g/mol. The van der Waals surface area contributed by atoms with Crippen LogP contribution in [0.2, 0.25) is 0 Å². The zero-order valence-corrected chi connectivity index (χ0v) is 11.8. The number of hydrogen-bond donors (Lipinski definition) is 1. The Balaban J connectivity index is 1.96. The molecule has 1 aliphatic carbocycles. The Kier molecular flexibility index (Phi) is 3.96. The molecule has 0 saturated heterocycles. The first-order valence-electron chi connectivity index (χ1n) is 6.96. The predicted octanol–water partition coefficient (Wildman–Crippen LogP) is 3.80. The molecular weight excluding hydrogens is 222 g/mol. The minimum atomic E-state index is 0.390. The standard InChI is InChI=1S/C16H25NO/c1-12-10-15(5-4-13(12)11-17)18-14-6-8-16(2,3)9-7-14/h4-5,10,14H,6-9,11,17H2,1-3H3. The highest BCUT2D eigenvalue weighted by Gasteiger charge is 2.27. The van der Waals surface area contributed by atoms with Gasteiger partial charge >= 0.3 is 0 Å². The summed E-state index contributed by atoms with van der Waals surface area (Å²) in [6.45, 7) is 7.40. The van der Waals surface area contributed by atoms with Crippen molar-refractivity contribution in [2.45, 2.75) is 59.1 Å². The van der Waals surface area contributed by atoms with Crippen LogP contribution in [-0.2, 0) is 6.54 Å². The number of ether oxygens (including phenoxy) is 1. The van der Waals surface area contributed by atoms with Crippen LogP contribution < -0.4 is 10.5 Å². The third-order valence-corrected chi connectivity index (χ3v) is 4.12. The molecule has 1 fully saturated rings. The lowest BCUT2D eigenvalue weighted by Gasteiger charge is -2.34. The van der Waals surface area contributed by atoms with Crippen LogP contribution in [-0.4, -0.2) is 6.10 Å². The number of aryl methyl sites for hydroxylation is 1. The largest absolute Gasteiger partial charge is 0.490 e. The van der Waals surface area contributed by atoms with E-state index in [0.717, 1.165) is 5.75 Å². The van der Waals surface area contributed by atoms with Crippen LogP contribution in [0.4, 0.5) is 0 Å². The third kappa shape index (κ3) is 3.26. The van der Waals surface area contributed by atoms with E-state index in [1.807, 2.05) is 0 Å². The summed E-state index contributed by atoms with van der Waals surface area (Å²) in [7, 11) is 0. The summed E-state index contributed by atoms with van der Waals surface area (Å²) >= 11 is 0. The second kappa shape index (κ2) is 5.31. The van der Waals surface area contributed by atoms with Gasteiger partial charge in [0.15, 0.2) is 0 Å². The van der Waals surface area contributed by atoms with Gasteiger partial charge in [-0.2, -0.15) is 0 Å². The lowest BCUT2D eigenvalue weighted by molar-refractivity contribution is 0.0987. The van der Waals surface area contributed by atoms with Crippen molar-refractivity contribution >= 4 is 0 Å². The maximum Gasteiger partial charge on any atom is 0.120 e. The number of nitrogens with two attached hydrogens (primary N) is 1. The summed E-state index contributed by atoms with van der Waals surface area (Å²) in [6.07, 6.45) is 5.26. The molecule has 0 aromatic heterocycles. The Morgan fingerprint density at radius 2 is 1.94 bits per heavy atom. The highest BCUT2D eigenvalue weighted by molar-refractivity contribution is 5.34. The Labute approximate surface area is 111 Å². The van der Waals surface area contributed by atoms with E-state index >= 15 is 0 Å². The fourth-order valence-electron chi connectivity index (χ4n) is 2.65. The van der Waals surface area contributed by atoms with Crippen molar-refractivity contribution < 1.29 is 4.74 Å². The van der Waals surface area contributed by atoms with Crippen molar-refractivity contribution in [2.75, 3.05) is 0 Å². The fourth-order valence-corrected chi connectivity index (χ4v) is 2.65. The molecule has 1 aliphatic rings. The smallest absolute Gasteiger partial charge is 0.120 e. The maximum atomic E-state index is 6.09. The molecule has 0 aliphatic heterocycles. The molecule has 0 heterocycles. The van der Waals surface area contributed by atoms with E-state index in [2.05, 4.69) is 39.0 Å². The zero-order chi connectivity index (χ0) is 13.2. The van der Waals surface area contributed by atoms with Gasteiger partial charge in [0.25, 0.3) is 0 Å². The molecule has 2 nitrogen and oxygen atoms in total. The van der Waals surface area contributed by atoms with Crippen LogP contribution in [0.5, 0.6) is 5.75 Å². The summed E-state index contributed by atoms with van der Waals surface area (Å²) in [6, 6.07) is 6.24. The molecule has 100 valence electrons. The first kappa shape index (κ1) is 13.4. The highest BCUT2D eigenvalue weighted by Crippen LogP contribution is 2.36. The predicted molar refractivity (Wildman–Crippen MR) is 75.7 cm³/mol. The number of hydrogen-bond acceptors (Lipinski definition) is 2. The molecule has 2 rings (SSSR count). The lowest BCUT2D eigenvalue weighted by atomic mass is 9.76. The molecule has 2 heteroatoms. The van der Waals surface area contributed by atoms with Crippen LogP contribution in [0.25, 0.3) is 0 Å². The lowest BCUT2D eigenvalue weighted by Crippen LogP contribution is -2.28. The van der Waals surface area contributed by atoms with Gasteiger partial charge in [-0.05, 0) is 61.3 Å². The van der Waals surface area contributed by atoms with Crippen molar-refractivity contribution in [2.24, 2.45) is 11.1 Å². The van der Waals surface area contributed by atoms with Crippen LogP contribution in [0.15, 0.2) is 18.2 Å². The van der Waals surface area contributed by atoms with Crippen LogP contribution in [0, 0.1) is 12.3 Å². The van der Waals surface area contributed by atoms with Crippen LogP contribution in [0.1, 0.15) is 50.7 Å². The third-order valence-electron chi connectivity index (χ3n) is 4.12. The Bertz CT molecular complexity index is 402. The van der Waals surface area contributed by atoms with Crippen molar-refractivity contribution in [3.8, 4) is 5.75 Å². The average Bonchev–Trinajstić information content (AvgIpc) is 2.32. The second-order valence-corrected chi connectivity index (χ2v) is 6.27. The summed E-state index contributed by atoms with van der Waals surface area (Å²) in [5, 5.41) is 0. The summed E-state index contributed by atoms with van der Waals surface area (Å²) in [5.74, 6) is 0.995. The molecule has 0 bridgehead atoms. The van der Waals surface area contributed by atoms with Gasteiger partial charge in [-0.1, -0.05) is 19.9 Å². The van der Waals surface area contributed by atoms with E-state index in [-0.39, 0.29) is 0 Å². The van der Waals surface area contributed by atoms with E-state index < -0.39 is 0 Å². The van der Waals surface area contributed by atoms with Crippen LogP contribution >= 0.6 is 0 Å². The molecule has 0 atom stereocenters. The van der Waals surface area contributed by atoms with E-state index in [1.54, 1.807) is 0 Å². The Hall–Kier alpha value is -1.02. The molecule has 0 radical (unpaired) electrons. The summed E-state index contributed by atoms with van der Waals surface area (Å²) in [4.78, 5) is 0. The number of benzene rings is 1. The van der Waals surface area contributed by atoms with Gasteiger partial charge in [-0.15, -0.1) is 0 Å². The molecule has 1 aromatic carbocycles. The van der Waals surface area contributed by atoms with E-state index in [4.69, 9.17) is 10.5 Å². The minimum absolute atomic E-state index is 0.390. The number of rotatable bonds is 3. The quantitative estimate of drug-likeness (QED) is 0.881. The highest BCUT2D eigenvalue weighted by atomic mass is 16.5. The van der Waals surface area contributed by atoms with Gasteiger partial charge < -0.3 is 10.5 Å². The van der Waals surface area contributed by atoms with Gasteiger partial charge in [-0.3, -0.25) is 0 Å². The normalized spacial score (nSPS) is 19.8. The molecule has 18 heavy (non-hydrogen) atoms. The first-order chi connectivity index (χ1) is 8.50. The van der Waals surface area contributed by atoms with E-state index in [9.17, 15) is 0 Å². The van der Waals surface area contributed by atoms with E-state index in [0.29, 0.717) is 18.1 Å². The van der Waals surface area contributed by atoms with Gasteiger partial charge in [0, 0.05) is 6.54 Å². The zero-order valence-electron chi connectivity index (χ0n) is 11.8. The molecular formula is C16H25NO. The average molecular weight is 247 g/mol. The molecule has 1 aromatic rings. The van der Waals surface area contributed by atoms with Crippen LogP contribution in [0.3, 0.4) is 0 Å². The van der Waals surface area contributed by atoms with Gasteiger partial charge in [0.05, 0.1) is 6.10 Å². The summed E-state index contributed by atoms with van der Waals surface area (Å²) < 4.78 is 6.09. The van der Waals surface area contributed by atoms with Gasteiger partial charge in [0.2, 0.25) is 0 Å². The van der Waals surface area contributed by atoms with Crippen molar-refractivity contribution in [1.29, 1.82) is 0 Å². The summed E-state index contributed by atoms with van der Waals surface area (Å²) in [5.41, 5.74) is 8.60. The first-order valence-corrected chi connectivity index (χ1v) is 6.96. The fraction of sp³-hybridized carbons (Fsp3) is 0.625. The molecule has 2 N–H and O–H groups in total. The van der Waals surface area contributed by atoms with Crippen molar-refractivity contribution in [3.63, 3.8) is 0 Å². The maximum absolute atomic E-state index is 6.09. The Morgan fingerprint density at radius 1 is 1.28 bits per heavy atom.